The second-order valence-electron chi connectivity index (χ2n) is 4.16. The van der Waals surface area contributed by atoms with Gasteiger partial charge in [-0.15, -0.1) is 0 Å². The zero-order chi connectivity index (χ0) is 12.7. The van der Waals surface area contributed by atoms with Gasteiger partial charge in [-0.05, 0) is 24.1 Å². The van der Waals surface area contributed by atoms with Gasteiger partial charge in [0.2, 0.25) is 5.91 Å². The van der Waals surface area contributed by atoms with Crippen LogP contribution in [0.1, 0.15) is 31.7 Å². The van der Waals surface area contributed by atoms with Gasteiger partial charge in [-0.3, -0.25) is 4.79 Å². The molecule has 1 unspecified atom stereocenters. The lowest BCUT2D eigenvalue weighted by molar-refractivity contribution is -0.121. The molecule has 4 heteroatoms. The molecule has 1 aromatic carbocycles. The van der Waals surface area contributed by atoms with Crippen molar-refractivity contribution in [2.45, 2.75) is 38.8 Å². The van der Waals surface area contributed by atoms with Crippen molar-refractivity contribution in [2.75, 3.05) is 0 Å². The highest BCUT2D eigenvalue weighted by atomic mass is 35.5. The fraction of sp³-hybridized carbons (Fsp3) is 0.462. The lowest BCUT2D eigenvalue weighted by Gasteiger charge is -2.10. The monoisotopic (exact) mass is 254 g/mol. The topological polar surface area (TPSA) is 55.1 Å². The molecule has 0 fully saturated rings. The fourth-order valence-corrected chi connectivity index (χ4v) is 1.71. The van der Waals surface area contributed by atoms with Gasteiger partial charge >= 0.3 is 0 Å². The summed E-state index contributed by atoms with van der Waals surface area (Å²) < 4.78 is 0. The third kappa shape index (κ3) is 5.71. The van der Waals surface area contributed by atoms with Crippen molar-refractivity contribution in [3.8, 4) is 0 Å². The van der Waals surface area contributed by atoms with Crippen LogP contribution in [0.15, 0.2) is 24.3 Å². The van der Waals surface area contributed by atoms with Crippen molar-refractivity contribution in [1.82, 2.24) is 5.32 Å². The van der Waals surface area contributed by atoms with Crippen LogP contribution in [-0.2, 0) is 11.3 Å². The van der Waals surface area contributed by atoms with Gasteiger partial charge in [0.1, 0.15) is 0 Å². The summed E-state index contributed by atoms with van der Waals surface area (Å²) in [6.07, 6.45) is 2.28. The summed E-state index contributed by atoms with van der Waals surface area (Å²) in [6, 6.07) is 7.38. The molecule has 1 atom stereocenters. The Kier molecular flexibility index (Phi) is 6.01. The zero-order valence-electron chi connectivity index (χ0n) is 10.1. The Morgan fingerprint density at radius 3 is 2.65 bits per heavy atom. The molecular formula is C13H19ClN2O. The number of carbonyl (C=O) groups is 1. The predicted molar refractivity (Wildman–Crippen MR) is 70.8 cm³/mol. The quantitative estimate of drug-likeness (QED) is 0.820. The Labute approximate surface area is 107 Å². The number of hydrogen-bond acceptors (Lipinski definition) is 2. The van der Waals surface area contributed by atoms with E-state index in [0.717, 1.165) is 18.4 Å². The summed E-state index contributed by atoms with van der Waals surface area (Å²) in [6.45, 7) is 2.58. The molecule has 0 saturated carbocycles. The van der Waals surface area contributed by atoms with Crippen LogP contribution < -0.4 is 11.1 Å². The van der Waals surface area contributed by atoms with Gasteiger partial charge in [-0.25, -0.2) is 0 Å². The van der Waals surface area contributed by atoms with Crippen LogP contribution in [0.3, 0.4) is 0 Å². The average Bonchev–Trinajstić information content (AvgIpc) is 2.28. The Balaban J connectivity index is 2.30. The Hall–Kier alpha value is -1.06. The fourth-order valence-electron chi connectivity index (χ4n) is 1.59. The molecule has 0 aromatic heterocycles. The minimum atomic E-state index is -0.0368. The summed E-state index contributed by atoms with van der Waals surface area (Å²) >= 11 is 5.77. The highest BCUT2D eigenvalue weighted by molar-refractivity contribution is 6.30. The Morgan fingerprint density at radius 2 is 2.06 bits per heavy atom. The van der Waals surface area contributed by atoms with Crippen LogP contribution >= 0.6 is 11.6 Å². The number of benzene rings is 1. The molecular weight excluding hydrogens is 236 g/mol. The first-order chi connectivity index (χ1) is 8.11. The first kappa shape index (κ1) is 14.0. The van der Waals surface area contributed by atoms with Gasteiger partial charge in [0.05, 0.1) is 0 Å². The molecule has 94 valence electrons. The number of nitrogens with one attached hydrogen (secondary N) is 1. The van der Waals surface area contributed by atoms with Crippen molar-refractivity contribution in [3.63, 3.8) is 0 Å². The van der Waals surface area contributed by atoms with E-state index < -0.39 is 0 Å². The van der Waals surface area contributed by atoms with Crippen molar-refractivity contribution in [1.29, 1.82) is 0 Å². The summed E-state index contributed by atoms with van der Waals surface area (Å²) in [7, 11) is 0. The van der Waals surface area contributed by atoms with Gasteiger partial charge in [0.25, 0.3) is 0 Å². The lowest BCUT2D eigenvalue weighted by atomic mass is 10.1. The van der Waals surface area contributed by atoms with Crippen LogP contribution in [-0.4, -0.2) is 11.9 Å². The first-order valence-electron chi connectivity index (χ1n) is 5.88. The molecule has 0 heterocycles. The Morgan fingerprint density at radius 1 is 1.41 bits per heavy atom. The van der Waals surface area contributed by atoms with E-state index in [0.29, 0.717) is 18.0 Å². The van der Waals surface area contributed by atoms with Crippen LogP contribution in [0.4, 0.5) is 0 Å². The molecule has 3 N–H and O–H groups in total. The maximum Gasteiger partial charge on any atom is 0.221 e. The maximum absolute atomic E-state index is 11.6. The van der Waals surface area contributed by atoms with E-state index >= 15 is 0 Å². The summed E-state index contributed by atoms with van der Waals surface area (Å²) in [4.78, 5) is 11.6. The zero-order valence-corrected chi connectivity index (χ0v) is 10.8. The molecule has 0 aliphatic heterocycles. The molecule has 0 bridgehead atoms. The van der Waals surface area contributed by atoms with E-state index in [1.807, 2.05) is 24.3 Å². The van der Waals surface area contributed by atoms with Crippen molar-refractivity contribution in [2.24, 2.45) is 5.73 Å². The van der Waals surface area contributed by atoms with E-state index in [1.54, 1.807) is 0 Å². The number of nitrogens with two attached hydrogens (primary N) is 1. The van der Waals surface area contributed by atoms with E-state index in [2.05, 4.69) is 12.2 Å². The van der Waals surface area contributed by atoms with Gasteiger partial charge < -0.3 is 11.1 Å². The largest absolute Gasteiger partial charge is 0.352 e. The molecule has 3 nitrogen and oxygen atoms in total. The van der Waals surface area contributed by atoms with Gasteiger partial charge in [-0.1, -0.05) is 37.1 Å². The van der Waals surface area contributed by atoms with Gasteiger partial charge in [0, 0.05) is 24.0 Å². The lowest BCUT2D eigenvalue weighted by Crippen LogP contribution is -2.31. The van der Waals surface area contributed by atoms with Gasteiger partial charge in [0.15, 0.2) is 0 Å². The number of halogens is 1. The number of rotatable bonds is 6. The third-order valence-electron chi connectivity index (χ3n) is 2.51. The second-order valence-corrected chi connectivity index (χ2v) is 4.59. The van der Waals surface area contributed by atoms with Crippen LogP contribution in [0.2, 0.25) is 5.02 Å². The highest BCUT2D eigenvalue weighted by Crippen LogP contribution is 2.09. The number of hydrogen-bond donors (Lipinski definition) is 2. The van der Waals surface area contributed by atoms with Crippen LogP contribution in [0.5, 0.6) is 0 Å². The summed E-state index contributed by atoms with van der Waals surface area (Å²) in [5.74, 6) is 0.000833. The predicted octanol–water partition coefficient (Wildman–Crippen LogP) is 2.47. The second kappa shape index (κ2) is 7.30. The van der Waals surface area contributed by atoms with E-state index in [9.17, 15) is 4.79 Å². The minimum absolute atomic E-state index is 0.000833. The third-order valence-corrected chi connectivity index (χ3v) is 2.76. The van der Waals surface area contributed by atoms with E-state index in [-0.39, 0.29) is 11.9 Å². The maximum atomic E-state index is 11.6. The van der Waals surface area contributed by atoms with E-state index in [4.69, 9.17) is 17.3 Å². The molecule has 0 aliphatic carbocycles. The minimum Gasteiger partial charge on any atom is -0.352 e. The van der Waals surface area contributed by atoms with Crippen LogP contribution in [0, 0.1) is 0 Å². The molecule has 1 aromatic rings. The smallest absolute Gasteiger partial charge is 0.221 e. The average molecular weight is 255 g/mol. The standard InChI is InChI=1S/C13H19ClN2O/c1-2-3-12(15)8-13(17)16-9-10-4-6-11(14)7-5-10/h4-7,12H,2-3,8-9,15H2,1H3,(H,16,17). The molecule has 0 radical (unpaired) electrons. The molecule has 17 heavy (non-hydrogen) atoms. The highest BCUT2D eigenvalue weighted by Gasteiger charge is 2.07. The van der Waals surface area contributed by atoms with Gasteiger partial charge in [-0.2, -0.15) is 0 Å². The normalized spacial score (nSPS) is 12.2. The van der Waals surface area contributed by atoms with E-state index in [1.165, 1.54) is 0 Å². The Bertz CT molecular complexity index is 351. The molecule has 1 amide bonds. The molecule has 1 rings (SSSR count). The number of amides is 1. The summed E-state index contributed by atoms with van der Waals surface area (Å²) in [5, 5.41) is 3.54. The van der Waals surface area contributed by atoms with Crippen molar-refractivity contribution < 1.29 is 4.79 Å². The summed E-state index contributed by atoms with van der Waals surface area (Å²) in [5.41, 5.74) is 6.83. The molecule has 0 spiro atoms. The van der Waals surface area contributed by atoms with Crippen molar-refractivity contribution >= 4 is 17.5 Å². The van der Waals surface area contributed by atoms with Crippen LogP contribution in [0.25, 0.3) is 0 Å². The SMILES string of the molecule is CCCC(N)CC(=O)NCc1ccc(Cl)cc1. The first-order valence-corrected chi connectivity index (χ1v) is 6.26. The van der Waals surface area contributed by atoms with Crippen molar-refractivity contribution in [3.05, 3.63) is 34.9 Å². The molecule has 0 saturated heterocycles. The molecule has 0 aliphatic rings. The number of carbonyl (C=O) groups excluding carboxylic acids is 1.